The van der Waals surface area contributed by atoms with Gasteiger partial charge in [-0.1, -0.05) is 18.2 Å². The minimum Gasteiger partial charge on any atom is -0.496 e. The molecule has 2 rings (SSSR count). The highest BCUT2D eigenvalue weighted by atomic mass is 16.5. The fourth-order valence-electron chi connectivity index (χ4n) is 2.83. The van der Waals surface area contributed by atoms with Crippen LogP contribution in [0.2, 0.25) is 0 Å². The Morgan fingerprint density at radius 3 is 2.65 bits per heavy atom. The van der Waals surface area contributed by atoms with Crippen molar-refractivity contribution in [3.8, 4) is 5.75 Å². The molecule has 6 heteroatoms. The van der Waals surface area contributed by atoms with E-state index in [0.717, 1.165) is 5.56 Å². The van der Waals surface area contributed by atoms with E-state index in [1.807, 2.05) is 18.2 Å². The molecule has 1 heterocycles. The molecule has 0 bridgehead atoms. The van der Waals surface area contributed by atoms with Crippen molar-refractivity contribution < 1.29 is 24.5 Å². The molecule has 20 heavy (non-hydrogen) atoms. The predicted octanol–water partition coefficient (Wildman–Crippen LogP) is 0.926. The van der Waals surface area contributed by atoms with Gasteiger partial charge in [0, 0.05) is 18.4 Å². The molecule has 0 amide bonds. The van der Waals surface area contributed by atoms with E-state index < -0.39 is 23.9 Å². The van der Waals surface area contributed by atoms with Crippen LogP contribution in [0, 0.1) is 5.92 Å². The number of ether oxygens (including phenoxy) is 1. The van der Waals surface area contributed by atoms with Crippen molar-refractivity contribution in [3.05, 3.63) is 29.8 Å². The second kappa shape index (κ2) is 5.92. The lowest BCUT2D eigenvalue weighted by Crippen LogP contribution is -2.36. The van der Waals surface area contributed by atoms with Gasteiger partial charge in [0.05, 0.1) is 13.5 Å². The molecule has 0 aromatic heterocycles. The summed E-state index contributed by atoms with van der Waals surface area (Å²) in [6, 6.07) is 6.46. The number of carboxylic acid groups (broad SMARTS) is 2. The molecular weight excluding hydrogens is 262 g/mol. The second-order valence-electron chi connectivity index (χ2n) is 4.83. The highest BCUT2D eigenvalue weighted by Gasteiger charge is 2.42. The van der Waals surface area contributed by atoms with E-state index in [-0.39, 0.29) is 12.3 Å². The average molecular weight is 279 g/mol. The topological polar surface area (TPSA) is 95.9 Å². The molecule has 0 saturated carbocycles. The molecule has 1 aliphatic rings. The van der Waals surface area contributed by atoms with Crippen LogP contribution in [0.4, 0.5) is 0 Å². The molecular formula is C14H17NO5. The number of methoxy groups -OCH3 is 1. The Labute approximate surface area is 116 Å². The van der Waals surface area contributed by atoms with E-state index in [9.17, 15) is 14.7 Å². The first-order chi connectivity index (χ1) is 9.54. The van der Waals surface area contributed by atoms with Gasteiger partial charge in [0.25, 0.3) is 0 Å². The summed E-state index contributed by atoms with van der Waals surface area (Å²) in [5.41, 5.74) is 0.845. The maximum atomic E-state index is 11.2. The molecule has 0 spiro atoms. The molecule has 3 atom stereocenters. The molecule has 0 unspecified atom stereocenters. The van der Waals surface area contributed by atoms with Gasteiger partial charge in [0.2, 0.25) is 0 Å². The van der Waals surface area contributed by atoms with E-state index in [1.54, 1.807) is 13.2 Å². The van der Waals surface area contributed by atoms with Gasteiger partial charge >= 0.3 is 11.9 Å². The number of nitrogens with one attached hydrogen (secondary N) is 1. The van der Waals surface area contributed by atoms with Gasteiger partial charge in [-0.2, -0.15) is 0 Å². The van der Waals surface area contributed by atoms with Crippen molar-refractivity contribution in [2.75, 3.05) is 13.7 Å². The van der Waals surface area contributed by atoms with E-state index in [0.29, 0.717) is 12.3 Å². The van der Waals surface area contributed by atoms with Crippen LogP contribution in [0.25, 0.3) is 0 Å². The summed E-state index contributed by atoms with van der Waals surface area (Å²) in [5.74, 6) is -2.05. The summed E-state index contributed by atoms with van der Waals surface area (Å²) < 4.78 is 5.28. The lowest BCUT2D eigenvalue weighted by Gasteiger charge is -2.22. The second-order valence-corrected chi connectivity index (χ2v) is 4.83. The van der Waals surface area contributed by atoms with Gasteiger partial charge in [-0.25, -0.2) is 0 Å². The van der Waals surface area contributed by atoms with Crippen molar-refractivity contribution in [3.63, 3.8) is 0 Å². The minimum atomic E-state index is -1.02. The highest BCUT2D eigenvalue weighted by Crippen LogP contribution is 2.38. The summed E-state index contributed by atoms with van der Waals surface area (Å²) in [7, 11) is 1.54. The SMILES string of the molecule is COc1ccccc1[C@@H]1CN[C@@H](C(=O)O)[C@@H]1CC(=O)O. The van der Waals surface area contributed by atoms with Gasteiger partial charge in [-0.3, -0.25) is 9.59 Å². The van der Waals surface area contributed by atoms with Crippen LogP contribution >= 0.6 is 0 Å². The molecule has 6 nitrogen and oxygen atoms in total. The Hall–Kier alpha value is -2.08. The third-order valence-electron chi connectivity index (χ3n) is 3.72. The molecule has 0 aliphatic carbocycles. The minimum absolute atomic E-state index is 0.188. The van der Waals surface area contributed by atoms with Gasteiger partial charge in [-0.15, -0.1) is 0 Å². The van der Waals surface area contributed by atoms with E-state index in [2.05, 4.69) is 5.32 Å². The number of benzene rings is 1. The van der Waals surface area contributed by atoms with Crippen LogP contribution in [0.3, 0.4) is 0 Å². The highest BCUT2D eigenvalue weighted by molar-refractivity contribution is 5.77. The fraction of sp³-hybridized carbons (Fsp3) is 0.429. The number of para-hydroxylation sites is 1. The maximum Gasteiger partial charge on any atom is 0.321 e. The molecule has 1 fully saturated rings. The number of aliphatic carboxylic acids is 2. The summed E-state index contributed by atoms with van der Waals surface area (Å²) >= 11 is 0. The fourth-order valence-corrected chi connectivity index (χ4v) is 2.83. The Morgan fingerprint density at radius 1 is 1.35 bits per heavy atom. The zero-order valence-electron chi connectivity index (χ0n) is 11.1. The van der Waals surface area contributed by atoms with Crippen LogP contribution in [-0.4, -0.2) is 41.8 Å². The average Bonchev–Trinajstić information content (AvgIpc) is 2.81. The first-order valence-electron chi connectivity index (χ1n) is 6.35. The quantitative estimate of drug-likeness (QED) is 0.742. The van der Waals surface area contributed by atoms with Crippen molar-refractivity contribution in [2.24, 2.45) is 5.92 Å². The monoisotopic (exact) mass is 279 g/mol. The Balaban J connectivity index is 2.34. The Kier molecular flexibility index (Phi) is 4.24. The number of rotatable bonds is 5. The first-order valence-corrected chi connectivity index (χ1v) is 6.35. The molecule has 1 aromatic rings. The smallest absolute Gasteiger partial charge is 0.321 e. The van der Waals surface area contributed by atoms with Gasteiger partial charge in [0.15, 0.2) is 0 Å². The number of hydrogen-bond acceptors (Lipinski definition) is 4. The molecule has 1 aliphatic heterocycles. The summed E-state index contributed by atoms with van der Waals surface area (Å²) in [6.07, 6.45) is -0.188. The zero-order chi connectivity index (χ0) is 14.7. The number of carbonyl (C=O) groups is 2. The molecule has 108 valence electrons. The predicted molar refractivity (Wildman–Crippen MR) is 70.9 cm³/mol. The maximum absolute atomic E-state index is 11.2. The van der Waals surface area contributed by atoms with Crippen LogP contribution < -0.4 is 10.1 Å². The summed E-state index contributed by atoms with van der Waals surface area (Å²) in [5, 5.41) is 21.1. The Bertz CT molecular complexity index is 516. The van der Waals surface area contributed by atoms with E-state index in [1.165, 1.54) is 0 Å². The van der Waals surface area contributed by atoms with Crippen LogP contribution in [0.5, 0.6) is 5.75 Å². The normalized spacial score (nSPS) is 25.4. The lowest BCUT2D eigenvalue weighted by atomic mass is 9.82. The standard InChI is InChI=1S/C14H17NO5/c1-20-11-5-3-2-4-8(11)10-7-15-13(14(18)19)9(10)6-12(16)17/h2-5,9-10,13,15H,6-7H2,1H3,(H,16,17)(H,18,19)/t9-,10+,13-/m1/s1. The van der Waals surface area contributed by atoms with E-state index >= 15 is 0 Å². The van der Waals surface area contributed by atoms with Crippen molar-refractivity contribution >= 4 is 11.9 Å². The zero-order valence-corrected chi connectivity index (χ0v) is 11.1. The van der Waals surface area contributed by atoms with Gasteiger partial charge < -0.3 is 20.3 Å². The summed E-state index contributed by atoms with van der Waals surface area (Å²) in [6.45, 7) is 0.426. The molecule has 0 radical (unpaired) electrons. The largest absolute Gasteiger partial charge is 0.496 e. The third-order valence-corrected chi connectivity index (χ3v) is 3.72. The molecule has 1 aromatic carbocycles. The number of hydrogen-bond donors (Lipinski definition) is 3. The van der Waals surface area contributed by atoms with Crippen LogP contribution in [0.15, 0.2) is 24.3 Å². The number of carboxylic acids is 2. The lowest BCUT2D eigenvalue weighted by molar-refractivity contribution is -0.142. The van der Waals surface area contributed by atoms with Gasteiger partial charge in [-0.05, 0) is 11.6 Å². The van der Waals surface area contributed by atoms with Crippen molar-refractivity contribution in [1.29, 1.82) is 0 Å². The van der Waals surface area contributed by atoms with Gasteiger partial charge in [0.1, 0.15) is 11.8 Å². The Morgan fingerprint density at radius 2 is 2.05 bits per heavy atom. The van der Waals surface area contributed by atoms with Crippen LogP contribution in [0.1, 0.15) is 17.9 Å². The first kappa shape index (κ1) is 14.3. The van der Waals surface area contributed by atoms with E-state index in [4.69, 9.17) is 9.84 Å². The van der Waals surface area contributed by atoms with Crippen LogP contribution in [-0.2, 0) is 9.59 Å². The molecule has 3 N–H and O–H groups in total. The molecule has 1 saturated heterocycles. The summed E-state index contributed by atoms with van der Waals surface area (Å²) in [4.78, 5) is 22.2. The van der Waals surface area contributed by atoms with Crippen molar-refractivity contribution in [1.82, 2.24) is 5.32 Å². The third kappa shape index (κ3) is 2.75. The van der Waals surface area contributed by atoms with Crippen molar-refractivity contribution in [2.45, 2.75) is 18.4 Å².